The number of benzene rings is 2. The summed E-state index contributed by atoms with van der Waals surface area (Å²) in [5, 5.41) is 0. The van der Waals surface area contributed by atoms with Gasteiger partial charge in [-0.25, -0.2) is 0 Å². The van der Waals surface area contributed by atoms with Gasteiger partial charge in [0.15, 0.2) is 11.5 Å². The number of rotatable bonds is 6. The zero-order valence-electron chi connectivity index (χ0n) is 17.5. The minimum Gasteiger partial charge on any atom is -0.492 e. The van der Waals surface area contributed by atoms with Crippen molar-refractivity contribution < 1.29 is 18.7 Å². The van der Waals surface area contributed by atoms with E-state index in [0.717, 1.165) is 47.5 Å². The van der Waals surface area contributed by atoms with Crippen molar-refractivity contribution in [2.75, 3.05) is 34.5 Å². The van der Waals surface area contributed by atoms with Gasteiger partial charge in [-0.05, 0) is 36.0 Å². The van der Waals surface area contributed by atoms with Crippen molar-refractivity contribution in [3.05, 3.63) is 53.1 Å². The fourth-order valence-corrected chi connectivity index (χ4v) is 4.73. The molecule has 4 nitrogen and oxygen atoms in total. The summed E-state index contributed by atoms with van der Waals surface area (Å²) in [6.07, 6.45) is 4.52. The normalized spacial score (nSPS) is 20.5. The quantitative estimate of drug-likeness (QED) is 0.675. The molecule has 0 spiro atoms. The highest BCUT2D eigenvalue weighted by Gasteiger charge is 2.41. The van der Waals surface area contributed by atoms with Gasteiger partial charge in [-0.1, -0.05) is 37.3 Å². The van der Waals surface area contributed by atoms with E-state index in [-0.39, 0.29) is 6.79 Å². The molecule has 0 bridgehead atoms. The SMILES string of the molecule is COc1c2c(cc3c1C(CC(C)CCc1ccccc1)[N+](C)(C)CC3)OCO2. The van der Waals surface area contributed by atoms with Crippen LogP contribution in [0.1, 0.15) is 42.5 Å². The molecule has 150 valence electrons. The Hall–Kier alpha value is -2.20. The number of methoxy groups -OCH3 is 1. The van der Waals surface area contributed by atoms with Crippen molar-refractivity contribution in [2.24, 2.45) is 5.92 Å². The molecule has 0 saturated heterocycles. The smallest absolute Gasteiger partial charge is 0.231 e. The van der Waals surface area contributed by atoms with Crippen LogP contribution in [0.15, 0.2) is 36.4 Å². The zero-order chi connectivity index (χ0) is 19.7. The number of hydrogen-bond donors (Lipinski definition) is 0. The molecule has 2 aromatic rings. The van der Waals surface area contributed by atoms with Crippen LogP contribution < -0.4 is 14.2 Å². The Labute approximate surface area is 168 Å². The lowest BCUT2D eigenvalue weighted by molar-refractivity contribution is -0.924. The summed E-state index contributed by atoms with van der Waals surface area (Å²) in [4.78, 5) is 0. The van der Waals surface area contributed by atoms with Gasteiger partial charge in [-0.15, -0.1) is 0 Å². The van der Waals surface area contributed by atoms with Crippen LogP contribution in [0.4, 0.5) is 0 Å². The van der Waals surface area contributed by atoms with Crippen LogP contribution in [0.25, 0.3) is 0 Å². The number of likely N-dealkylation sites (N-methyl/N-ethyl adjacent to an activating group) is 1. The fraction of sp³-hybridized carbons (Fsp3) is 0.500. The van der Waals surface area contributed by atoms with E-state index in [4.69, 9.17) is 14.2 Å². The van der Waals surface area contributed by atoms with Crippen molar-refractivity contribution in [1.82, 2.24) is 0 Å². The van der Waals surface area contributed by atoms with Crippen LogP contribution in [0.2, 0.25) is 0 Å². The second-order valence-electron chi connectivity index (χ2n) is 8.85. The zero-order valence-corrected chi connectivity index (χ0v) is 17.5. The molecule has 0 radical (unpaired) electrons. The summed E-state index contributed by atoms with van der Waals surface area (Å²) >= 11 is 0. The van der Waals surface area contributed by atoms with Crippen LogP contribution in [-0.4, -0.2) is 39.0 Å². The van der Waals surface area contributed by atoms with E-state index >= 15 is 0 Å². The molecule has 2 atom stereocenters. The third kappa shape index (κ3) is 3.58. The minimum absolute atomic E-state index is 0.283. The summed E-state index contributed by atoms with van der Waals surface area (Å²) in [6, 6.07) is 13.4. The molecule has 4 rings (SSSR count). The second kappa shape index (κ2) is 7.67. The van der Waals surface area contributed by atoms with Crippen molar-refractivity contribution in [1.29, 1.82) is 0 Å². The molecule has 2 aliphatic rings. The molecule has 4 heteroatoms. The molecule has 0 amide bonds. The molecule has 0 N–H and O–H groups in total. The van der Waals surface area contributed by atoms with Crippen LogP contribution in [0.3, 0.4) is 0 Å². The summed E-state index contributed by atoms with van der Waals surface area (Å²) < 4.78 is 18.3. The second-order valence-corrected chi connectivity index (χ2v) is 8.85. The lowest BCUT2D eigenvalue weighted by atomic mass is 9.83. The Balaban J connectivity index is 1.59. The van der Waals surface area contributed by atoms with E-state index in [9.17, 15) is 0 Å². The molecule has 2 heterocycles. The molecule has 28 heavy (non-hydrogen) atoms. The number of nitrogens with zero attached hydrogens (tertiary/aromatic N) is 1. The lowest BCUT2D eigenvalue weighted by Crippen LogP contribution is -2.48. The first-order chi connectivity index (χ1) is 13.5. The predicted octanol–water partition coefficient (Wildman–Crippen LogP) is 4.76. The Morgan fingerprint density at radius 3 is 2.71 bits per heavy atom. The van der Waals surface area contributed by atoms with Crippen molar-refractivity contribution in [2.45, 2.75) is 38.6 Å². The molecular formula is C24H32NO3+. The monoisotopic (exact) mass is 382 g/mol. The maximum Gasteiger partial charge on any atom is 0.231 e. The van der Waals surface area contributed by atoms with Gasteiger partial charge in [0.05, 0.1) is 33.3 Å². The topological polar surface area (TPSA) is 27.7 Å². The van der Waals surface area contributed by atoms with Crippen LogP contribution in [0, 0.1) is 5.92 Å². The highest BCUT2D eigenvalue weighted by molar-refractivity contribution is 5.61. The Morgan fingerprint density at radius 1 is 1.18 bits per heavy atom. The van der Waals surface area contributed by atoms with Gasteiger partial charge in [0.1, 0.15) is 6.04 Å². The standard InChI is InChI=1S/C24H32NO3/c1-17(10-11-18-8-6-5-7-9-18)14-20-22-19(12-13-25(20,2)3)15-21-23(24(22)26-4)28-16-27-21/h5-9,15,17,20H,10-14,16H2,1-4H3/q+1. The average molecular weight is 383 g/mol. The predicted molar refractivity (Wildman–Crippen MR) is 111 cm³/mol. The third-order valence-electron chi connectivity index (χ3n) is 6.48. The van der Waals surface area contributed by atoms with Gasteiger partial charge in [-0.3, -0.25) is 0 Å². The van der Waals surface area contributed by atoms with Crippen LogP contribution in [0.5, 0.6) is 17.2 Å². The molecule has 2 aliphatic heterocycles. The molecule has 0 aromatic heterocycles. The molecule has 0 aliphatic carbocycles. The molecular weight excluding hydrogens is 350 g/mol. The van der Waals surface area contributed by atoms with Crippen LogP contribution >= 0.6 is 0 Å². The number of hydrogen-bond acceptors (Lipinski definition) is 3. The molecule has 0 fully saturated rings. The number of fused-ring (bicyclic) bond motifs is 2. The maximum absolute atomic E-state index is 5.87. The van der Waals surface area contributed by atoms with Crippen molar-refractivity contribution in [3.63, 3.8) is 0 Å². The first-order valence-corrected chi connectivity index (χ1v) is 10.4. The van der Waals surface area contributed by atoms with Gasteiger partial charge < -0.3 is 18.7 Å². The van der Waals surface area contributed by atoms with E-state index in [1.165, 1.54) is 23.1 Å². The average Bonchev–Trinajstić information content (AvgIpc) is 3.16. The third-order valence-corrected chi connectivity index (χ3v) is 6.48. The van der Waals surface area contributed by atoms with Crippen molar-refractivity contribution in [3.8, 4) is 17.2 Å². The maximum atomic E-state index is 5.87. The minimum atomic E-state index is 0.283. The number of ether oxygens (including phenoxy) is 3. The van der Waals surface area contributed by atoms with Gasteiger partial charge in [0.2, 0.25) is 12.5 Å². The summed E-state index contributed by atoms with van der Waals surface area (Å²) in [6.45, 7) is 3.80. The highest BCUT2D eigenvalue weighted by Crippen LogP contribution is 2.52. The summed E-state index contributed by atoms with van der Waals surface area (Å²) in [7, 11) is 6.45. The van der Waals surface area contributed by atoms with E-state index in [1.807, 2.05) is 0 Å². The largest absolute Gasteiger partial charge is 0.492 e. The molecule has 2 aromatic carbocycles. The van der Waals surface area contributed by atoms with E-state index < -0.39 is 0 Å². The van der Waals surface area contributed by atoms with E-state index in [2.05, 4.69) is 57.4 Å². The first-order valence-electron chi connectivity index (χ1n) is 10.4. The fourth-order valence-electron chi connectivity index (χ4n) is 4.73. The van der Waals surface area contributed by atoms with Gasteiger partial charge >= 0.3 is 0 Å². The summed E-state index contributed by atoms with van der Waals surface area (Å²) in [5.74, 6) is 3.13. The Bertz CT molecular complexity index is 831. The Kier molecular flexibility index (Phi) is 5.24. The Morgan fingerprint density at radius 2 is 1.96 bits per heavy atom. The lowest BCUT2D eigenvalue weighted by Gasteiger charge is -2.44. The van der Waals surface area contributed by atoms with Gasteiger partial charge in [-0.2, -0.15) is 0 Å². The van der Waals surface area contributed by atoms with E-state index in [1.54, 1.807) is 7.11 Å². The molecule has 0 saturated carbocycles. The van der Waals surface area contributed by atoms with Gasteiger partial charge in [0.25, 0.3) is 0 Å². The number of quaternary nitrogens is 1. The highest BCUT2D eigenvalue weighted by atomic mass is 16.7. The van der Waals surface area contributed by atoms with Crippen molar-refractivity contribution >= 4 is 0 Å². The summed E-state index contributed by atoms with van der Waals surface area (Å²) in [5.41, 5.74) is 4.11. The first kappa shape index (κ1) is 19.1. The van der Waals surface area contributed by atoms with E-state index in [0.29, 0.717) is 12.0 Å². The van der Waals surface area contributed by atoms with Crippen LogP contribution in [-0.2, 0) is 12.8 Å². The molecule has 2 unspecified atom stereocenters. The number of aryl methyl sites for hydroxylation is 1. The van der Waals surface area contributed by atoms with Gasteiger partial charge in [0, 0.05) is 12.8 Å².